The number of carbonyl (C=O) groups is 1. The second-order valence-electron chi connectivity index (χ2n) is 6.78. The Kier molecular flexibility index (Phi) is 12.8. The van der Waals surface area contributed by atoms with E-state index in [9.17, 15) is 4.79 Å². The van der Waals surface area contributed by atoms with Crippen LogP contribution in [0.3, 0.4) is 0 Å². The van der Waals surface area contributed by atoms with E-state index in [2.05, 4.69) is 50.1 Å². The molecule has 0 bridgehead atoms. The van der Waals surface area contributed by atoms with Crippen molar-refractivity contribution in [2.45, 2.75) is 32.4 Å². The van der Waals surface area contributed by atoms with Gasteiger partial charge in [-0.1, -0.05) is 30.7 Å². The van der Waals surface area contributed by atoms with Gasteiger partial charge in [-0.25, -0.2) is 0 Å². The predicted molar refractivity (Wildman–Crippen MR) is 124 cm³/mol. The number of ether oxygens (including phenoxy) is 1. The Hall–Kier alpha value is -1.39. The van der Waals surface area contributed by atoms with Gasteiger partial charge in [-0.3, -0.25) is 14.7 Å². The van der Waals surface area contributed by atoms with Gasteiger partial charge in [0.2, 0.25) is 5.91 Å². The third kappa shape index (κ3) is 9.70. The van der Waals surface area contributed by atoms with Crippen molar-refractivity contribution >= 4 is 35.8 Å². The Morgan fingerprint density at radius 2 is 1.75 bits per heavy atom. The van der Waals surface area contributed by atoms with Crippen molar-refractivity contribution in [3.8, 4) is 0 Å². The van der Waals surface area contributed by atoms with Crippen molar-refractivity contribution < 1.29 is 9.53 Å². The number of carbonyl (C=O) groups excluding carboxylic acids is 1. The van der Waals surface area contributed by atoms with E-state index in [0.29, 0.717) is 25.7 Å². The molecule has 1 aliphatic heterocycles. The molecule has 0 atom stereocenters. The Labute approximate surface area is 185 Å². The number of methoxy groups -OCH3 is 1. The van der Waals surface area contributed by atoms with Crippen LogP contribution in [-0.4, -0.2) is 63.7 Å². The summed E-state index contributed by atoms with van der Waals surface area (Å²) in [4.78, 5) is 18.4. The SMILES string of the molecule is CN=C(NCC(=O)NCCOC)NCc1ccc(CN2CCCCC2)cc1.I. The van der Waals surface area contributed by atoms with Crippen molar-refractivity contribution in [2.24, 2.45) is 4.99 Å². The molecule has 7 nitrogen and oxygen atoms in total. The van der Waals surface area contributed by atoms with Crippen molar-refractivity contribution in [3.63, 3.8) is 0 Å². The predicted octanol–water partition coefficient (Wildman–Crippen LogP) is 1.72. The largest absolute Gasteiger partial charge is 0.383 e. The smallest absolute Gasteiger partial charge is 0.239 e. The topological polar surface area (TPSA) is 78.0 Å². The van der Waals surface area contributed by atoms with Crippen molar-refractivity contribution in [1.82, 2.24) is 20.9 Å². The number of benzene rings is 1. The van der Waals surface area contributed by atoms with E-state index >= 15 is 0 Å². The van der Waals surface area contributed by atoms with Gasteiger partial charge >= 0.3 is 0 Å². The van der Waals surface area contributed by atoms with Crippen LogP contribution < -0.4 is 16.0 Å². The summed E-state index contributed by atoms with van der Waals surface area (Å²) >= 11 is 0. The molecule has 1 saturated heterocycles. The van der Waals surface area contributed by atoms with Gasteiger partial charge in [-0.2, -0.15) is 0 Å². The molecule has 3 N–H and O–H groups in total. The fourth-order valence-corrected chi connectivity index (χ4v) is 3.06. The first-order chi connectivity index (χ1) is 13.2. The van der Waals surface area contributed by atoms with Gasteiger partial charge in [0.15, 0.2) is 5.96 Å². The minimum Gasteiger partial charge on any atom is -0.383 e. The number of hydrogen-bond donors (Lipinski definition) is 3. The summed E-state index contributed by atoms with van der Waals surface area (Å²) in [5.41, 5.74) is 2.54. The first-order valence-corrected chi connectivity index (χ1v) is 9.71. The van der Waals surface area contributed by atoms with Crippen molar-refractivity contribution in [3.05, 3.63) is 35.4 Å². The van der Waals surface area contributed by atoms with Gasteiger partial charge in [-0.15, -0.1) is 24.0 Å². The molecule has 1 aromatic carbocycles. The molecular weight excluding hydrogens is 469 g/mol. The molecule has 0 aliphatic carbocycles. The van der Waals surface area contributed by atoms with Crippen LogP contribution >= 0.6 is 24.0 Å². The number of nitrogens with zero attached hydrogens (tertiary/aromatic N) is 2. The second-order valence-corrected chi connectivity index (χ2v) is 6.78. The molecular formula is C20H34IN5O2. The van der Waals surface area contributed by atoms with Gasteiger partial charge in [0.05, 0.1) is 13.2 Å². The van der Waals surface area contributed by atoms with Gasteiger partial charge in [-0.05, 0) is 37.1 Å². The highest BCUT2D eigenvalue weighted by Gasteiger charge is 2.10. The van der Waals surface area contributed by atoms with Gasteiger partial charge in [0, 0.05) is 33.8 Å². The quantitative estimate of drug-likeness (QED) is 0.207. The Morgan fingerprint density at radius 3 is 2.39 bits per heavy atom. The molecule has 0 spiro atoms. The first-order valence-electron chi connectivity index (χ1n) is 9.71. The van der Waals surface area contributed by atoms with Crippen LogP contribution in [0, 0.1) is 0 Å². The number of nitrogens with one attached hydrogen (secondary N) is 3. The molecule has 0 radical (unpaired) electrons. The molecule has 0 aromatic heterocycles. The maximum atomic E-state index is 11.7. The van der Waals surface area contributed by atoms with E-state index in [-0.39, 0.29) is 36.4 Å². The van der Waals surface area contributed by atoms with Crippen LogP contribution in [0.5, 0.6) is 0 Å². The Bertz CT molecular complexity index is 589. The number of amides is 1. The molecule has 1 fully saturated rings. The molecule has 158 valence electrons. The van der Waals surface area contributed by atoms with E-state index in [4.69, 9.17) is 4.74 Å². The average Bonchev–Trinajstić information content (AvgIpc) is 2.70. The normalized spacial score (nSPS) is 14.9. The maximum absolute atomic E-state index is 11.7. The Balaban J connectivity index is 0.00000392. The van der Waals surface area contributed by atoms with Gasteiger partial charge in [0.25, 0.3) is 0 Å². The molecule has 8 heteroatoms. The number of aliphatic imine (C=N–C) groups is 1. The van der Waals surface area contributed by atoms with E-state index in [0.717, 1.165) is 6.54 Å². The fraction of sp³-hybridized carbons (Fsp3) is 0.600. The number of likely N-dealkylation sites (tertiary alicyclic amines) is 1. The summed E-state index contributed by atoms with van der Waals surface area (Å²) in [7, 11) is 3.30. The molecule has 2 rings (SSSR count). The summed E-state index contributed by atoms with van der Waals surface area (Å²) in [6, 6.07) is 8.70. The summed E-state index contributed by atoms with van der Waals surface area (Å²) in [6.45, 7) is 5.32. The average molecular weight is 503 g/mol. The van der Waals surface area contributed by atoms with E-state index in [1.165, 1.54) is 43.5 Å². The third-order valence-electron chi connectivity index (χ3n) is 4.61. The molecule has 1 heterocycles. The molecule has 1 aromatic rings. The maximum Gasteiger partial charge on any atom is 0.239 e. The minimum atomic E-state index is -0.0861. The fourth-order valence-electron chi connectivity index (χ4n) is 3.06. The van der Waals surface area contributed by atoms with Crippen molar-refractivity contribution in [1.29, 1.82) is 0 Å². The zero-order valence-electron chi connectivity index (χ0n) is 17.0. The molecule has 0 unspecified atom stereocenters. The van der Waals surface area contributed by atoms with Crippen LogP contribution in [0.25, 0.3) is 0 Å². The number of piperidine rings is 1. The standard InChI is InChI=1S/C20H33N5O2.HI/c1-21-20(24-15-19(26)22-10-13-27-2)23-14-17-6-8-18(9-7-17)16-25-11-4-3-5-12-25;/h6-9H,3-5,10-16H2,1-2H3,(H,22,26)(H2,21,23,24);1H. The van der Waals surface area contributed by atoms with Crippen LogP contribution in [0.2, 0.25) is 0 Å². The van der Waals surface area contributed by atoms with Crippen LogP contribution in [-0.2, 0) is 22.6 Å². The highest BCUT2D eigenvalue weighted by atomic mass is 127. The number of halogens is 1. The van der Waals surface area contributed by atoms with Crippen LogP contribution in [0.1, 0.15) is 30.4 Å². The minimum absolute atomic E-state index is 0. The summed E-state index contributed by atoms with van der Waals surface area (Å²) in [5, 5.41) is 9.01. The van der Waals surface area contributed by atoms with Gasteiger partial charge in [0.1, 0.15) is 0 Å². The number of guanidine groups is 1. The number of rotatable bonds is 9. The number of hydrogen-bond acceptors (Lipinski definition) is 4. The summed E-state index contributed by atoms with van der Waals surface area (Å²) in [6.07, 6.45) is 4.00. The van der Waals surface area contributed by atoms with Crippen LogP contribution in [0.15, 0.2) is 29.3 Å². The lowest BCUT2D eigenvalue weighted by atomic mass is 10.1. The second kappa shape index (κ2) is 14.6. The Morgan fingerprint density at radius 1 is 1.07 bits per heavy atom. The third-order valence-corrected chi connectivity index (χ3v) is 4.61. The summed E-state index contributed by atoms with van der Waals surface area (Å²) < 4.78 is 4.90. The highest BCUT2D eigenvalue weighted by Crippen LogP contribution is 2.13. The van der Waals surface area contributed by atoms with Crippen molar-refractivity contribution in [2.75, 3.05) is 46.9 Å². The molecule has 1 amide bonds. The van der Waals surface area contributed by atoms with Gasteiger partial charge < -0.3 is 20.7 Å². The molecule has 0 saturated carbocycles. The zero-order chi connectivity index (χ0) is 19.3. The zero-order valence-corrected chi connectivity index (χ0v) is 19.3. The van der Waals surface area contributed by atoms with Crippen LogP contribution in [0.4, 0.5) is 0 Å². The molecule has 1 aliphatic rings. The highest BCUT2D eigenvalue weighted by molar-refractivity contribution is 14.0. The molecule has 28 heavy (non-hydrogen) atoms. The summed E-state index contributed by atoms with van der Waals surface area (Å²) in [5.74, 6) is 0.520. The lowest BCUT2D eigenvalue weighted by Crippen LogP contribution is -2.43. The monoisotopic (exact) mass is 503 g/mol. The van der Waals surface area contributed by atoms with E-state index in [1.807, 2.05) is 0 Å². The van der Waals surface area contributed by atoms with E-state index in [1.54, 1.807) is 14.2 Å². The lowest BCUT2D eigenvalue weighted by Gasteiger charge is -2.26. The van der Waals surface area contributed by atoms with E-state index < -0.39 is 0 Å². The lowest BCUT2D eigenvalue weighted by molar-refractivity contribution is -0.120. The first kappa shape index (κ1) is 24.6.